The molecule has 0 radical (unpaired) electrons. The summed E-state index contributed by atoms with van der Waals surface area (Å²) in [5.41, 5.74) is 1.74. The van der Waals surface area contributed by atoms with Crippen LogP contribution in [-0.4, -0.2) is 49.2 Å². The zero-order valence-electron chi connectivity index (χ0n) is 21.3. The molecular weight excluding hydrogens is 504 g/mol. The average Bonchev–Trinajstić information content (AvgIpc) is 3.20. The monoisotopic (exact) mass is 532 g/mol. The van der Waals surface area contributed by atoms with Gasteiger partial charge in [-0.15, -0.1) is 0 Å². The number of carbonyl (C=O) groups excluding carboxylic acids is 2. The maximum absolute atomic E-state index is 13.6. The number of piperidine rings is 1. The van der Waals surface area contributed by atoms with Gasteiger partial charge in [0.15, 0.2) is 23.4 Å². The number of halogens is 1. The van der Waals surface area contributed by atoms with Crippen molar-refractivity contribution in [3.8, 4) is 11.5 Å². The molecule has 2 unspecified atom stereocenters. The summed E-state index contributed by atoms with van der Waals surface area (Å²) in [7, 11) is 3.86. The van der Waals surface area contributed by atoms with Crippen LogP contribution in [0.2, 0.25) is 5.02 Å². The van der Waals surface area contributed by atoms with Crippen molar-refractivity contribution < 1.29 is 23.8 Å². The first kappa shape index (κ1) is 22.9. The lowest BCUT2D eigenvalue weighted by atomic mass is 9.64. The minimum Gasteiger partial charge on any atom is -0.493 e. The first-order valence-electron chi connectivity index (χ1n) is 13.5. The van der Waals surface area contributed by atoms with Crippen molar-refractivity contribution in [3.05, 3.63) is 70.3 Å². The predicted molar refractivity (Wildman–Crippen MR) is 140 cm³/mol. The standard InChI is InChI=1S/C30H29ClN2O5/c1-33-25-18-11-13-21(26-28(18)15-30(25,33)17-10-12-20(36-2)24(38-26)23(17)28)37-27(35)32-29(14-6-5-9-22(29)34)16-7-3-4-8-19(16)31/h3-4,7-8,10-13,18,21,25-26H,5-6,9,14-15H2,1-2H3,(H,32,35)/t18-,21-,25-,26-,28-,29?,30-,33?/m0/s1. The topological polar surface area (TPSA) is 76.9 Å². The van der Waals surface area contributed by atoms with Gasteiger partial charge in [-0.3, -0.25) is 9.69 Å². The third-order valence-corrected chi connectivity index (χ3v) is 10.7. The second-order valence-electron chi connectivity index (χ2n) is 11.7. The van der Waals surface area contributed by atoms with Crippen LogP contribution >= 0.6 is 11.6 Å². The van der Waals surface area contributed by atoms with Crippen LogP contribution in [0.5, 0.6) is 11.5 Å². The lowest BCUT2D eigenvalue weighted by Gasteiger charge is -2.42. The summed E-state index contributed by atoms with van der Waals surface area (Å²) in [4.78, 5) is 29.4. The van der Waals surface area contributed by atoms with E-state index in [4.69, 9.17) is 25.8 Å². The van der Waals surface area contributed by atoms with Crippen molar-refractivity contribution in [1.82, 2.24) is 10.2 Å². The van der Waals surface area contributed by atoms with Crippen molar-refractivity contribution in [2.24, 2.45) is 5.92 Å². The number of Topliss-reactive ketones (excluding diaryl/α,β-unsaturated/α-hetero) is 1. The number of carbonyl (C=O) groups is 2. The molecular formula is C30H29ClN2O5. The molecule has 2 heterocycles. The van der Waals surface area contributed by atoms with E-state index < -0.39 is 17.7 Å². The Bertz CT molecular complexity index is 1460. The van der Waals surface area contributed by atoms with Crippen molar-refractivity contribution in [2.45, 2.75) is 66.8 Å². The molecule has 8 heteroatoms. The van der Waals surface area contributed by atoms with Crippen LogP contribution in [0, 0.1) is 5.92 Å². The van der Waals surface area contributed by atoms with Gasteiger partial charge in [-0.05, 0) is 56.5 Å². The molecule has 1 N–H and O–H groups in total. The Labute approximate surface area is 226 Å². The molecule has 2 saturated carbocycles. The fraction of sp³-hybridized carbons (Fsp3) is 0.467. The lowest BCUT2D eigenvalue weighted by molar-refractivity contribution is -0.128. The molecule has 2 spiro atoms. The summed E-state index contributed by atoms with van der Waals surface area (Å²) in [6, 6.07) is 11.8. The molecule has 8 rings (SSSR count). The Morgan fingerprint density at radius 3 is 2.79 bits per heavy atom. The SMILES string of the molecule is COc1ccc2c3c1O[C@H]1[C@@H](OC(=O)NC4(c5ccccc5Cl)CCCCC4=O)C=C[C@H]4[C@@H]5N(C)[C@@]25C[C@@]341. The number of benzene rings is 2. The molecule has 3 fully saturated rings. The van der Waals surface area contributed by atoms with E-state index in [0.717, 1.165) is 25.0 Å². The second-order valence-corrected chi connectivity index (χ2v) is 12.1. The molecule has 2 aromatic carbocycles. The first-order valence-corrected chi connectivity index (χ1v) is 13.8. The highest BCUT2D eigenvalue weighted by Gasteiger charge is 2.85. The number of methoxy groups -OCH3 is 1. The molecule has 7 nitrogen and oxygen atoms in total. The number of ether oxygens (including phenoxy) is 3. The highest BCUT2D eigenvalue weighted by atomic mass is 35.5. The van der Waals surface area contributed by atoms with Gasteiger partial charge in [-0.25, -0.2) is 4.79 Å². The van der Waals surface area contributed by atoms with Gasteiger partial charge < -0.3 is 19.5 Å². The summed E-state index contributed by atoms with van der Waals surface area (Å²) in [6.45, 7) is 0. The maximum Gasteiger partial charge on any atom is 0.408 e. The fourth-order valence-corrected chi connectivity index (χ4v) is 9.15. The summed E-state index contributed by atoms with van der Waals surface area (Å²) in [6.07, 6.45) is 6.04. The minimum atomic E-state index is -1.20. The predicted octanol–water partition coefficient (Wildman–Crippen LogP) is 4.59. The number of likely N-dealkylation sites (tertiary alicyclic amines) is 1. The Morgan fingerprint density at radius 2 is 2.00 bits per heavy atom. The highest BCUT2D eigenvalue weighted by Crippen LogP contribution is 2.80. The smallest absolute Gasteiger partial charge is 0.408 e. The molecule has 4 aliphatic carbocycles. The van der Waals surface area contributed by atoms with Crippen LogP contribution in [0.3, 0.4) is 0 Å². The first-order chi connectivity index (χ1) is 18.4. The number of amides is 1. The van der Waals surface area contributed by atoms with Gasteiger partial charge >= 0.3 is 6.09 Å². The van der Waals surface area contributed by atoms with Gasteiger partial charge in [-0.1, -0.05) is 41.9 Å². The van der Waals surface area contributed by atoms with Crippen LogP contribution in [0.25, 0.3) is 0 Å². The van der Waals surface area contributed by atoms with Gasteiger partial charge in [0.1, 0.15) is 11.6 Å². The minimum absolute atomic E-state index is 0.0210. The Hall–Kier alpha value is -3.03. The molecule has 0 aromatic heterocycles. The number of likely N-dealkylation sites (N-methyl/N-ethyl adjacent to an activating group) is 1. The van der Waals surface area contributed by atoms with Gasteiger partial charge in [0.05, 0.1) is 18.1 Å². The lowest BCUT2D eigenvalue weighted by Crippen LogP contribution is -2.57. The zero-order chi connectivity index (χ0) is 26.0. The highest BCUT2D eigenvalue weighted by molar-refractivity contribution is 6.31. The number of hydrogen-bond donors (Lipinski definition) is 1. The van der Waals surface area contributed by atoms with Gasteiger partial charge in [-0.2, -0.15) is 0 Å². The number of fused-ring (bicyclic) bond motifs is 1. The third-order valence-electron chi connectivity index (χ3n) is 10.4. The van der Waals surface area contributed by atoms with Crippen molar-refractivity contribution in [1.29, 1.82) is 0 Å². The third kappa shape index (κ3) is 2.46. The Morgan fingerprint density at radius 1 is 1.16 bits per heavy atom. The number of ketones is 1. The average molecular weight is 533 g/mol. The molecule has 1 saturated heterocycles. The Kier molecular flexibility index (Phi) is 4.42. The summed E-state index contributed by atoms with van der Waals surface area (Å²) >= 11 is 6.54. The van der Waals surface area contributed by atoms with Crippen LogP contribution < -0.4 is 14.8 Å². The van der Waals surface area contributed by atoms with Crippen molar-refractivity contribution in [3.63, 3.8) is 0 Å². The summed E-state index contributed by atoms with van der Waals surface area (Å²) in [5, 5.41) is 3.44. The molecule has 196 valence electrons. The molecule has 2 aromatic rings. The summed E-state index contributed by atoms with van der Waals surface area (Å²) in [5.74, 6) is 1.74. The molecule has 1 amide bonds. The number of hydrogen-bond acceptors (Lipinski definition) is 6. The normalized spacial score (nSPS) is 40.3. The van der Waals surface area contributed by atoms with E-state index in [-0.39, 0.29) is 28.8 Å². The van der Waals surface area contributed by atoms with Gasteiger partial charge in [0.2, 0.25) is 0 Å². The van der Waals surface area contributed by atoms with E-state index in [0.29, 0.717) is 35.2 Å². The van der Waals surface area contributed by atoms with Crippen LogP contribution in [0.15, 0.2) is 48.6 Å². The van der Waals surface area contributed by atoms with Gasteiger partial charge in [0.25, 0.3) is 0 Å². The van der Waals surface area contributed by atoms with Gasteiger partial charge in [0, 0.05) is 34.5 Å². The maximum atomic E-state index is 13.6. The number of rotatable bonds is 4. The zero-order valence-corrected chi connectivity index (χ0v) is 22.1. The van der Waals surface area contributed by atoms with Crippen LogP contribution in [0.1, 0.15) is 48.8 Å². The van der Waals surface area contributed by atoms with E-state index >= 15 is 0 Å². The van der Waals surface area contributed by atoms with Crippen LogP contribution in [0.4, 0.5) is 4.79 Å². The summed E-state index contributed by atoms with van der Waals surface area (Å²) < 4.78 is 18.4. The molecule has 8 atom stereocenters. The van der Waals surface area contributed by atoms with E-state index in [9.17, 15) is 9.59 Å². The largest absolute Gasteiger partial charge is 0.493 e. The van der Waals surface area contributed by atoms with Crippen molar-refractivity contribution in [2.75, 3.05) is 14.2 Å². The molecule has 2 aliphatic heterocycles. The number of nitrogens with one attached hydrogen (secondary N) is 1. The quantitative estimate of drug-likeness (QED) is 0.458. The number of nitrogens with zero attached hydrogens (tertiary/aromatic N) is 1. The van der Waals surface area contributed by atoms with E-state index in [1.54, 1.807) is 13.2 Å². The van der Waals surface area contributed by atoms with Crippen molar-refractivity contribution >= 4 is 23.5 Å². The fourth-order valence-electron chi connectivity index (χ4n) is 8.86. The van der Waals surface area contributed by atoms with E-state index in [2.05, 4.69) is 29.4 Å². The van der Waals surface area contributed by atoms with E-state index in [1.165, 1.54) is 11.1 Å². The molecule has 6 aliphatic rings. The molecule has 2 bridgehead atoms. The second kappa shape index (κ2) is 7.33. The number of alkyl carbamates (subject to hydrolysis) is 1. The van der Waals surface area contributed by atoms with E-state index in [1.807, 2.05) is 30.3 Å². The van der Waals surface area contributed by atoms with Crippen LogP contribution in [-0.2, 0) is 26.0 Å². The Balaban J connectivity index is 1.14. The molecule has 38 heavy (non-hydrogen) atoms.